The molecule has 0 spiro atoms. The smallest absolute Gasteiger partial charge is 0.237 e. The van der Waals surface area contributed by atoms with Gasteiger partial charge in [0.15, 0.2) is 0 Å². The highest BCUT2D eigenvalue weighted by atomic mass is 16.3. The van der Waals surface area contributed by atoms with Crippen LogP contribution >= 0.6 is 0 Å². The molecule has 1 heterocycles. The minimum atomic E-state index is 0.0256. The molecular formula is C15H22N2O2. The summed E-state index contributed by atoms with van der Waals surface area (Å²) in [6, 6.07) is 10.2. The van der Waals surface area contributed by atoms with E-state index in [2.05, 4.69) is 12.1 Å². The number of benzene rings is 1. The molecule has 0 saturated carbocycles. The second kappa shape index (κ2) is 6.68. The third-order valence-electron chi connectivity index (χ3n) is 3.61. The summed E-state index contributed by atoms with van der Waals surface area (Å²) in [5.41, 5.74) is 1.21. The van der Waals surface area contributed by atoms with Crippen molar-refractivity contribution < 1.29 is 9.90 Å². The molecule has 4 nitrogen and oxygen atoms in total. The van der Waals surface area contributed by atoms with Gasteiger partial charge in [-0.25, -0.2) is 0 Å². The molecule has 1 N–H and O–H groups in total. The number of carbonyl (C=O) groups excluding carboxylic acids is 1. The van der Waals surface area contributed by atoms with Crippen molar-refractivity contribution in [1.82, 2.24) is 9.80 Å². The van der Waals surface area contributed by atoms with E-state index in [1.165, 1.54) is 5.56 Å². The van der Waals surface area contributed by atoms with Gasteiger partial charge in [0.1, 0.15) is 0 Å². The van der Waals surface area contributed by atoms with Gasteiger partial charge >= 0.3 is 0 Å². The SMILES string of the molecule is CN(CC(=O)N1CCC[C@H]1CO)Cc1ccccc1. The predicted molar refractivity (Wildman–Crippen MR) is 74.6 cm³/mol. The highest BCUT2D eigenvalue weighted by Gasteiger charge is 2.28. The number of likely N-dealkylation sites (N-methyl/N-ethyl adjacent to an activating group) is 1. The van der Waals surface area contributed by atoms with Gasteiger partial charge in [-0.3, -0.25) is 9.69 Å². The molecular weight excluding hydrogens is 240 g/mol. The minimum Gasteiger partial charge on any atom is -0.394 e. The zero-order valence-electron chi connectivity index (χ0n) is 11.5. The van der Waals surface area contributed by atoms with Crippen LogP contribution in [0.1, 0.15) is 18.4 Å². The zero-order chi connectivity index (χ0) is 13.7. The fourth-order valence-electron chi connectivity index (χ4n) is 2.63. The summed E-state index contributed by atoms with van der Waals surface area (Å²) in [4.78, 5) is 16.0. The van der Waals surface area contributed by atoms with Gasteiger partial charge in [0.2, 0.25) is 5.91 Å². The van der Waals surface area contributed by atoms with Crippen LogP contribution in [0, 0.1) is 0 Å². The van der Waals surface area contributed by atoms with Gasteiger partial charge in [-0.05, 0) is 25.5 Å². The minimum absolute atomic E-state index is 0.0256. The fraction of sp³-hybridized carbons (Fsp3) is 0.533. The standard InChI is InChI=1S/C15H22N2O2/c1-16(10-13-6-3-2-4-7-13)11-15(19)17-9-5-8-14(17)12-18/h2-4,6-7,14,18H,5,8-12H2,1H3/t14-/m0/s1. The topological polar surface area (TPSA) is 43.8 Å². The second-order valence-electron chi connectivity index (χ2n) is 5.22. The Bertz CT molecular complexity index is 408. The highest BCUT2D eigenvalue weighted by molar-refractivity contribution is 5.78. The third-order valence-corrected chi connectivity index (χ3v) is 3.61. The van der Waals surface area contributed by atoms with Crippen molar-refractivity contribution >= 4 is 5.91 Å². The number of aliphatic hydroxyl groups is 1. The van der Waals surface area contributed by atoms with E-state index < -0.39 is 0 Å². The molecule has 1 amide bonds. The monoisotopic (exact) mass is 262 g/mol. The van der Waals surface area contributed by atoms with Gasteiger partial charge in [0, 0.05) is 13.1 Å². The Hall–Kier alpha value is -1.39. The van der Waals surface area contributed by atoms with Crippen LogP contribution < -0.4 is 0 Å². The molecule has 0 bridgehead atoms. The first-order chi connectivity index (χ1) is 9.20. The summed E-state index contributed by atoms with van der Waals surface area (Å²) >= 11 is 0. The quantitative estimate of drug-likeness (QED) is 0.864. The molecule has 19 heavy (non-hydrogen) atoms. The molecule has 1 fully saturated rings. The molecule has 1 aliphatic heterocycles. The van der Waals surface area contributed by atoms with Gasteiger partial charge in [0.25, 0.3) is 0 Å². The molecule has 104 valence electrons. The number of hydrogen-bond acceptors (Lipinski definition) is 3. The van der Waals surface area contributed by atoms with Crippen LogP contribution in [-0.4, -0.2) is 53.6 Å². The maximum Gasteiger partial charge on any atom is 0.237 e. The van der Waals surface area contributed by atoms with Gasteiger partial charge in [0.05, 0.1) is 19.2 Å². The van der Waals surface area contributed by atoms with E-state index in [1.54, 1.807) is 0 Å². The Labute approximate surface area is 114 Å². The van der Waals surface area contributed by atoms with Gasteiger partial charge < -0.3 is 10.0 Å². The molecule has 1 aliphatic rings. The lowest BCUT2D eigenvalue weighted by molar-refractivity contribution is -0.133. The third kappa shape index (κ3) is 3.78. The first-order valence-corrected chi connectivity index (χ1v) is 6.83. The molecule has 2 rings (SSSR count). The van der Waals surface area contributed by atoms with Crippen molar-refractivity contribution in [2.75, 3.05) is 26.7 Å². The van der Waals surface area contributed by atoms with Crippen LogP contribution in [0.2, 0.25) is 0 Å². The van der Waals surface area contributed by atoms with Crippen molar-refractivity contribution in [1.29, 1.82) is 0 Å². The summed E-state index contributed by atoms with van der Waals surface area (Å²) in [5, 5.41) is 9.25. The van der Waals surface area contributed by atoms with Crippen LogP contribution in [0.5, 0.6) is 0 Å². The lowest BCUT2D eigenvalue weighted by atomic mass is 10.2. The summed E-state index contributed by atoms with van der Waals surface area (Å²) in [6.45, 7) is 2.03. The van der Waals surface area contributed by atoms with Crippen LogP contribution in [0.3, 0.4) is 0 Å². The predicted octanol–water partition coefficient (Wildman–Crippen LogP) is 1.10. The Kier molecular flexibility index (Phi) is 4.93. The van der Waals surface area contributed by atoms with Gasteiger partial charge in [-0.2, -0.15) is 0 Å². The van der Waals surface area contributed by atoms with E-state index in [4.69, 9.17) is 0 Å². The summed E-state index contributed by atoms with van der Waals surface area (Å²) in [7, 11) is 1.95. The molecule has 0 unspecified atom stereocenters. The molecule has 4 heteroatoms. The van der Waals surface area contributed by atoms with Gasteiger partial charge in [-0.1, -0.05) is 30.3 Å². The van der Waals surface area contributed by atoms with E-state index in [0.29, 0.717) is 6.54 Å². The average molecular weight is 262 g/mol. The number of aliphatic hydroxyl groups excluding tert-OH is 1. The lowest BCUT2D eigenvalue weighted by Crippen LogP contribution is -2.42. The van der Waals surface area contributed by atoms with Crippen molar-refractivity contribution in [2.24, 2.45) is 0 Å². The molecule has 1 atom stereocenters. The van der Waals surface area contributed by atoms with Crippen molar-refractivity contribution in [2.45, 2.75) is 25.4 Å². The molecule has 0 aromatic heterocycles. The van der Waals surface area contributed by atoms with E-state index in [1.807, 2.05) is 35.0 Å². The highest BCUT2D eigenvalue weighted by Crippen LogP contribution is 2.17. The number of amides is 1. The van der Waals surface area contributed by atoms with E-state index in [9.17, 15) is 9.90 Å². The molecule has 0 radical (unpaired) electrons. The first-order valence-electron chi connectivity index (χ1n) is 6.83. The zero-order valence-corrected chi connectivity index (χ0v) is 11.5. The molecule has 1 aromatic carbocycles. The largest absolute Gasteiger partial charge is 0.394 e. The van der Waals surface area contributed by atoms with Crippen molar-refractivity contribution in [3.8, 4) is 0 Å². The van der Waals surface area contributed by atoms with E-state index >= 15 is 0 Å². The summed E-state index contributed by atoms with van der Waals surface area (Å²) in [5.74, 6) is 0.120. The Morgan fingerprint density at radius 1 is 1.42 bits per heavy atom. The van der Waals surface area contributed by atoms with Crippen LogP contribution in [-0.2, 0) is 11.3 Å². The molecule has 1 saturated heterocycles. The van der Waals surface area contributed by atoms with Crippen molar-refractivity contribution in [3.63, 3.8) is 0 Å². The lowest BCUT2D eigenvalue weighted by Gasteiger charge is -2.26. The second-order valence-corrected chi connectivity index (χ2v) is 5.22. The average Bonchev–Trinajstić information content (AvgIpc) is 2.88. The normalized spacial score (nSPS) is 19.1. The molecule has 1 aromatic rings. The number of nitrogens with zero attached hydrogens (tertiary/aromatic N) is 2. The fourth-order valence-corrected chi connectivity index (χ4v) is 2.63. The first kappa shape index (κ1) is 14.0. The van der Waals surface area contributed by atoms with E-state index in [0.717, 1.165) is 25.9 Å². The van der Waals surface area contributed by atoms with Crippen molar-refractivity contribution in [3.05, 3.63) is 35.9 Å². The van der Waals surface area contributed by atoms with Crippen LogP contribution in [0.4, 0.5) is 0 Å². The Morgan fingerprint density at radius 2 is 2.16 bits per heavy atom. The van der Waals surface area contributed by atoms with Crippen LogP contribution in [0.25, 0.3) is 0 Å². The number of hydrogen-bond donors (Lipinski definition) is 1. The van der Waals surface area contributed by atoms with Crippen LogP contribution in [0.15, 0.2) is 30.3 Å². The van der Waals surface area contributed by atoms with Gasteiger partial charge in [-0.15, -0.1) is 0 Å². The summed E-state index contributed by atoms with van der Waals surface area (Å²) in [6.07, 6.45) is 1.92. The summed E-state index contributed by atoms with van der Waals surface area (Å²) < 4.78 is 0. The maximum atomic E-state index is 12.2. The Balaban J connectivity index is 1.85. The maximum absolute atomic E-state index is 12.2. The number of rotatable bonds is 5. The number of likely N-dealkylation sites (tertiary alicyclic amines) is 1. The van der Waals surface area contributed by atoms with E-state index in [-0.39, 0.29) is 18.6 Å². The number of carbonyl (C=O) groups is 1. The molecule has 0 aliphatic carbocycles. The Morgan fingerprint density at radius 3 is 2.84 bits per heavy atom.